The highest BCUT2D eigenvalue weighted by atomic mass is 79.9. The van der Waals surface area contributed by atoms with Gasteiger partial charge in [-0.3, -0.25) is 9.59 Å². The van der Waals surface area contributed by atoms with Crippen LogP contribution in [0, 0.1) is 5.41 Å². The number of nitrogens with one attached hydrogen (secondary N) is 1. The molecule has 1 N–H and O–H groups in total. The number of alkyl halides is 1. The molecular formula is C12H12BrNO2. The minimum absolute atomic E-state index is 0.00327. The average Bonchev–Trinajstić information content (AvgIpc) is 2.72. The Morgan fingerprint density at radius 3 is 2.94 bits per heavy atom. The molecule has 0 bridgehead atoms. The predicted molar refractivity (Wildman–Crippen MR) is 63.2 cm³/mol. The summed E-state index contributed by atoms with van der Waals surface area (Å²) in [4.78, 5) is 23.8. The molecule has 1 fully saturated rings. The molecule has 1 saturated heterocycles. The van der Waals surface area contributed by atoms with Crippen molar-refractivity contribution < 1.29 is 9.59 Å². The Morgan fingerprint density at radius 2 is 2.25 bits per heavy atom. The van der Waals surface area contributed by atoms with E-state index in [2.05, 4.69) is 27.3 Å². The quantitative estimate of drug-likeness (QED) is 0.684. The molecule has 3 rings (SSSR count). The monoisotopic (exact) mass is 281 g/mol. The fourth-order valence-electron chi connectivity index (χ4n) is 2.95. The summed E-state index contributed by atoms with van der Waals surface area (Å²) in [5.41, 5.74) is 1.79. The third kappa shape index (κ3) is 1.25. The highest BCUT2D eigenvalue weighted by Gasteiger charge is 2.52. The predicted octanol–water partition coefficient (Wildman–Crippen LogP) is 1.49. The molecule has 0 aromatic carbocycles. The zero-order valence-corrected chi connectivity index (χ0v) is 10.3. The first-order chi connectivity index (χ1) is 7.62. The minimum atomic E-state index is -0.532. The van der Waals surface area contributed by atoms with Crippen LogP contribution in [0.4, 0.5) is 0 Å². The lowest BCUT2D eigenvalue weighted by atomic mass is 9.78. The van der Waals surface area contributed by atoms with Gasteiger partial charge in [0.15, 0.2) is 0 Å². The van der Waals surface area contributed by atoms with Gasteiger partial charge in [-0.1, -0.05) is 33.7 Å². The Kier molecular flexibility index (Phi) is 2.11. The molecule has 2 atom stereocenters. The Balaban J connectivity index is 2.04. The average molecular weight is 282 g/mol. The molecule has 0 aromatic rings. The SMILES string of the molecule is O=C1CC2(CN1)C(=O)CC1=C2C=CC(Br)C1. The van der Waals surface area contributed by atoms with Crippen LogP contribution >= 0.6 is 15.9 Å². The van der Waals surface area contributed by atoms with Crippen molar-refractivity contribution in [1.82, 2.24) is 5.32 Å². The van der Waals surface area contributed by atoms with Crippen LogP contribution in [0.25, 0.3) is 0 Å². The second-order valence-electron chi connectivity index (χ2n) is 4.73. The van der Waals surface area contributed by atoms with Gasteiger partial charge in [-0.2, -0.15) is 0 Å². The van der Waals surface area contributed by atoms with Crippen molar-refractivity contribution in [2.24, 2.45) is 5.41 Å². The molecule has 1 heterocycles. The van der Waals surface area contributed by atoms with Crippen molar-refractivity contribution in [3.8, 4) is 0 Å². The summed E-state index contributed by atoms with van der Waals surface area (Å²) < 4.78 is 0. The summed E-state index contributed by atoms with van der Waals surface area (Å²) in [5.74, 6) is 0.207. The van der Waals surface area contributed by atoms with Gasteiger partial charge in [0.1, 0.15) is 5.78 Å². The van der Waals surface area contributed by atoms with Crippen LogP contribution < -0.4 is 5.32 Å². The van der Waals surface area contributed by atoms with E-state index in [-0.39, 0.29) is 11.7 Å². The third-order valence-electron chi connectivity index (χ3n) is 3.77. The lowest BCUT2D eigenvalue weighted by Crippen LogP contribution is -2.31. The second-order valence-corrected chi connectivity index (χ2v) is 5.91. The van der Waals surface area contributed by atoms with Crippen LogP contribution in [0.1, 0.15) is 19.3 Å². The summed E-state index contributed by atoms with van der Waals surface area (Å²) in [6, 6.07) is 0. The number of halogens is 1. The molecule has 16 heavy (non-hydrogen) atoms. The number of hydrogen-bond donors (Lipinski definition) is 1. The molecule has 4 heteroatoms. The largest absolute Gasteiger partial charge is 0.355 e. The normalized spacial score (nSPS) is 37.2. The number of allylic oxidation sites excluding steroid dienone is 3. The fraction of sp³-hybridized carbons (Fsp3) is 0.500. The number of carbonyl (C=O) groups excluding carboxylic acids is 2. The van der Waals surface area contributed by atoms with Gasteiger partial charge in [0.2, 0.25) is 5.91 Å². The molecule has 84 valence electrons. The van der Waals surface area contributed by atoms with Gasteiger partial charge in [-0.25, -0.2) is 0 Å². The lowest BCUT2D eigenvalue weighted by molar-refractivity contribution is -0.126. The van der Waals surface area contributed by atoms with Crippen molar-refractivity contribution >= 4 is 27.6 Å². The minimum Gasteiger partial charge on any atom is -0.355 e. The van der Waals surface area contributed by atoms with E-state index in [1.165, 1.54) is 5.57 Å². The van der Waals surface area contributed by atoms with E-state index in [0.717, 1.165) is 12.0 Å². The standard InChI is InChI=1S/C12H12BrNO2/c13-8-1-2-9-7(3-8)4-10(15)12(9)5-11(16)14-6-12/h1-2,8H,3-6H2,(H,14,16). The van der Waals surface area contributed by atoms with Gasteiger partial charge in [0.25, 0.3) is 0 Å². The Bertz CT molecular complexity index is 452. The van der Waals surface area contributed by atoms with Crippen LogP contribution in [-0.4, -0.2) is 23.1 Å². The highest BCUT2D eigenvalue weighted by Crippen LogP contribution is 2.48. The number of hydrogen-bond acceptors (Lipinski definition) is 2. The summed E-state index contributed by atoms with van der Waals surface area (Å²) >= 11 is 3.54. The van der Waals surface area contributed by atoms with Crippen LogP contribution in [-0.2, 0) is 9.59 Å². The molecule has 3 aliphatic rings. The van der Waals surface area contributed by atoms with E-state index in [0.29, 0.717) is 24.2 Å². The Hall–Kier alpha value is -0.900. The van der Waals surface area contributed by atoms with Crippen LogP contribution in [0.2, 0.25) is 0 Å². The summed E-state index contributed by atoms with van der Waals surface area (Å²) in [6.45, 7) is 0.487. The summed E-state index contributed by atoms with van der Waals surface area (Å²) in [6.07, 6.45) is 5.86. The molecule has 1 aliphatic heterocycles. The second kappa shape index (κ2) is 3.29. The van der Waals surface area contributed by atoms with E-state index in [4.69, 9.17) is 0 Å². The van der Waals surface area contributed by atoms with Gasteiger partial charge in [-0.05, 0) is 12.0 Å². The van der Waals surface area contributed by atoms with Crippen molar-refractivity contribution in [2.45, 2.75) is 24.1 Å². The maximum absolute atomic E-state index is 12.1. The zero-order valence-electron chi connectivity index (χ0n) is 8.75. The smallest absolute Gasteiger partial charge is 0.221 e. The number of ketones is 1. The van der Waals surface area contributed by atoms with Crippen molar-refractivity contribution in [3.05, 3.63) is 23.3 Å². The Labute approximate surface area is 102 Å². The van der Waals surface area contributed by atoms with Crippen LogP contribution in [0.15, 0.2) is 23.3 Å². The Morgan fingerprint density at radius 1 is 1.44 bits per heavy atom. The van der Waals surface area contributed by atoms with Gasteiger partial charge in [-0.15, -0.1) is 0 Å². The highest BCUT2D eigenvalue weighted by molar-refractivity contribution is 9.09. The third-order valence-corrected chi connectivity index (χ3v) is 4.40. The molecule has 1 amide bonds. The number of carbonyl (C=O) groups is 2. The van der Waals surface area contributed by atoms with E-state index in [1.807, 2.05) is 6.08 Å². The first kappa shape index (κ1) is 10.3. The molecule has 1 spiro atoms. The van der Waals surface area contributed by atoms with Crippen LogP contribution in [0.3, 0.4) is 0 Å². The summed E-state index contributed by atoms with van der Waals surface area (Å²) in [7, 11) is 0. The van der Waals surface area contributed by atoms with E-state index in [1.54, 1.807) is 0 Å². The summed E-state index contributed by atoms with van der Waals surface area (Å²) in [5, 5.41) is 2.79. The zero-order chi connectivity index (χ0) is 11.3. The lowest BCUT2D eigenvalue weighted by Gasteiger charge is -2.23. The van der Waals surface area contributed by atoms with E-state index >= 15 is 0 Å². The van der Waals surface area contributed by atoms with Crippen molar-refractivity contribution in [1.29, 1.82) is 0 Å². The van der Waals surface area contributed by atoms with Crippen molar-refractivity contribution in [2.75, 3.05) is 6.54 Å². The number of Topliss-reactive ketones (excluding diaryl/α,β-unsaturated/α-hetero) is 1. The first-order valence-corrected chi connectivity index (χ1v) is 6.38. The molecule has 0 saturated carbocycles. The van der Waals surface area contributed by atoms with E-state index in [9.17, 15) is 9.59 Å². The van der Waals surface area contributed by atoms with E-state index < -0.39 is 5.41 Å². The van der Waals surface area contributed by atoms with Crippen LogP contribution in [0.5, 0.6) is 0 Å². The number of rotatable bonds is 0. The van der Waals surface area contributed by atoms with Gasteiger partial charge < -0.3 is 5.32 Å². The molecule has 2 aliphatic carbocycles. The maximum Gasteiger partial charge on any atom is 0.221 e. The number of fused-ring (bicyclic) bond motifs is 1. The molecular weight excluding hydrogens is 270 g/mol. The molecule has 0 aromatic heterocycles. The topological polar surface area (TPSA) is 46.2 Å². The fourth-order valence-corrected chi connectivity index (χ4v) is 3.49. The van der Waals surface area contributed by atoms with Gasteiger partial charge in [0, 0.05) is 24.2 Å². The van der Waals surface area contributed by atoms with Gasteiger partial charge >= 0.3 is 0 Å². The molecule has 2 unspecified atom stereocenters. The van der Waals surface area contributed by atoms with Gasteiger partial charge in [0.05, 0.1) is 5.41 Å². The molecule has 3 nitrogen and oxygen atoms in total. The molecule has 0 radical (unpaired) electrons. The van der Waals surface area contributed by atoms with Crippen molar-refractivity contribution in [3.63, 3.8) is 0 Å². The number of amides is 1. The maximum atomic E-state index is 12.1. The first-order valence-electron chi connectivity index (χ1n) is 5.46.